The van der Waals surface area contributed by atoms with Crippen LogP contribution in [0.3, 0.4) is 0 Å². The number of tetrazole rings is 1. The lowest BCUT2D eigenvalue weighted by Gasteiger charge is -2.07. The van der Waals surface area contributed by atoms with Crippen LogP contribution in [-0.2, 0) is 7.05 Å². The monoisotopic (exact) mass is 344 g/mol. The first kappa shape index (κ1) is 16.5. The van der Waals surface area contributed by atoms with E-state index in [0.717, 1.165) is 17.1 Å². The predicted octanol–water partition coefficient (Wildman–Crippen LogP) is 2.21. The maximum absolute atomic E-state index is 13.0. The highest BCUT2D eigenvalue weighted by Crippen LogP contribution is 2.21. The number of nitrogens with zero attached hydrogens (tertiary/aromatic N) is 6. The Hall–Kier alpha value is -2.35. The van der Waals surface area contributed by atoms with Crippen LogP contribution in [0.15, 0.2) is 40.3 Å². The van der Waals surface area contributed by atoms with E-state index in [2.05, 4.69) is 29.4 Å². The average molecular weight is 344 g/mol. The van der Waals surface area contributed by atoms with E-state index < -0.39 is 0 Å². The minimum atomic E-state index is -0.139. The molecule has 2 aromatic heterocycles. The van der Waals surface area contributed by atoms with Crippen molar-refractivity contribution in [1.82, 2.24) is 29.6 Å². The second-order valence-electron chi connectivity index (χ2n) is 5.99. The van der Waals surface area contributed by atoms with E-state index in [4.69, 9.17) is 0 Å². The number of hydrogen-bond donors (Lipinski definition) is 0. The Kier molecular flexibility index (Phi) is 4.57. The lowest BCUT2D eigenvalue weighted by atomic mass is 10.3. The smallest absolute Gasteiger partial charge is 0.283 e. The molecule has 0 spiro atoms. The van der Waals surface area contributed by atoms with Crippen LogP contribution in [0.2, 0.25) is 0 Å². The summed E-state index contributed by atoms with van der Waals surface area (Å²) in [7, 11) is 1.86. The number of thioether (sulfide) groups is 1. The van der Waals surface area contributed by atoms with Crippen molar-refractivity contribution in [3.8, 4) is 11.4 Å². The molecule has 24 heavy (non-hydrogen) atoms. The first-order chi connectivity index (χ1) is 11.5. The van der Waals surface area contributed by atoms with E-state index in [1.54, 1.807) is 21.1 Å². The normalized spacial score (nSPS) is 11.4. The molecule has 8 heteroatoms. The third-order valence-corrected chi connectivity index (χ3v) is 5.07. The molecule has 2 heterocycles. The Labute approximate surface area is 144 Å². The van der Waals surface area contributed by atoms with Gasteiger partial charge in [0.25, 0.3) is 5.56 Å². The van der Waals surface area contributed by atoms with Gasteiger partial charge in [-0.3, -0.25) is 9.48 Å². The van der Waals surface area contributed by atoms with Gasteiger partial charge in [-0.1, -0.05) is 43.8 Å². The average Bonchev–Trinajstić information content (AvgIpc) is 3.10. The van der Waals surface area contributed by atoms with E-state index >= 15 is 0 Å². The van der Waals surface area contributed by atoms with Gasteiger partial charge in [0, 0.05) is 12.8 Å². The molecule has 0 atom stereocenters. The van der Waals surface area contributed by atoms with Gasteiger partial charge in [0.15, 0.2) is 5.69 Å². The molecule has 0 aliphatic carbocycles. The minimum Gasteiger partial charge on any atom is -0.283 e. The van der Waals surface area contributed by atoms with E-state index in [0.29, 0.717) is 16.8 Å². The maximum Gasteiger partial charge on any atom is 0.297 e. The fourth-order valence-electron chi connectivity index (χ4n) is 2.45. The standard InChI is InChI=1S/C16H20N6OS/c1-11(2)10-24-16-17-18-19-21(16)14-12(3)20(4)22(15(14)23)13-8-6-5-7-9-13/h5-9,11H,10H2,1-4H3. The zero-order chi connectivity index (χ0) is 17.3. The van der Waals surface area contributed by atoms with Crippen LogP contribution in [0.4, 0.5) is 0 Å². The summed E-state index contributed by atoms with van der Waals surface area (Å²) in [5.74, 6) is 1.40. The molecule has 0 saturated carbocycles. The molecule has 3 rings (SSSR count). The van der Waals surface area contributed by atoms with Crippen molar-refractivity contribution in [2.75, 3.05) is 5.75 Å². The summed E-state index contributed by atoms with van der Waals surface area (Å²) in [5, 5.41) is 12.5. The van der Waals surface area contributed by atoms with Crippen LogP contribution in [0, 0.1) is 12.8 Å². The van der Waals surface area contributed by atoms with Crippen molar-refractivity contribution in [2.45, 2.75) is 25.9 Å². The third-order valence-electron chi connectivity index (χ3n) is 3.72. The van der Waals surface area contributed by atoms with Crippen molar-refractivity contribution in [1.29, 1.82) is 0 Å². The number of aromatic nitrogens is 6. The minimum absolute atomic E-state index is 0.139. The van der Waals surface area contributed by atoms with Crippen molar-refractivity contribution in [3.63, 3.8) is 0 Å². The van der Waals surface area contributed by atoms with E-state index in [9.17, 15) is 4.79 Å². The Morgan fingerprint density at radius 1 is 1.21 bits per heavy atom. The summed E-state index contributed by atoms with van der Waals surface area (Å²) >= 11 is 1.55. The topological polar surface area (TPSA) is 70.5 Å². The number of hydrogen-bond acceptors (Lipinski definition) is 5. The predicted molar refractivity (Wildman–Crippen MR) is 94.0 cm³/mol. The van der Waals surface area contributed by atoms with E-state index in [1.807, 2.05) is 49.0 Å². The molecule has 0 aliphatic heterocycles. The molecule has 0 fully saturated rings. The summed E-state index contributed by atoms with van der Waals surface area (Å²) in [6, 6.07) is 9.54. The first-order valence-electron chi connectivity index (χ1n) is 7.76. The summed E-state index contributed by atoms with van der Waals surface area (Å²) < 4.78 is 5.00. The van der Waals surface area contributed by atoms with Crippen LogP contribution in [0.1, 0.15) is 19.5 Å². The quantitative estimate of drug-likeness (QED) is 0.664. The lowest BCUT2D eigenvalue weighted by Crippen LogP contribution is -2.22. The second kappa shape index (κ2) is 6.64. The maximum atomic E-state index is 13.0. The van der Waals surface area contributed by atoms with Gasteiger partial charge in [-0.05, 0) is 35.4 Å². The van der Waals surface area contributed by atoms with Gasteiger partial charge in [-0.15, -0.1) is 5.10 Å². The molecular formula is C16H20N6OS. The van der Waals surface area contributed by atoms with Gasteiger partial charge in [0.1, 0.15) is 0 Å². The largest absolute Gasteiger partial charge is 0.297 e. The Morgan fingerprint density at radius 2 is 1.92 bits per heavy atom. The molecular weight excluding hydrogens is 324 g/mol. The van der Waals surface area contributed by atoms with Crippen molar-refractivity contribution in [3.05, 3.63) is 46.4 Å². The summed E-state index contributed by atoms with van der Waals surface area (Å²) in [6.07, 6.45) is 0. The van der Waals surface area contributed by atoms with E-state index in [-0.39, 0.29) is 5.56 Å². The van der Waals surface area contributed by atoms with Crippen LogP contribution in [-0.4, -0.2) is 35.3 Å². The molecule has 126 valence electrons. The Balaban J connectivity index is 2.11. The third kappa shape index (κ3) is 2.89. The molecule has 0 saturated heterocycles. The molecule has 0 aliphatic rings. The summed E-state index contributed by atoms with van der Waals surface area (Å²) in [6.45, 7) is 6.17. The van der Waals surface area contributed by atoms with Crippen LogP contribution in [0.5, 0.6) is 0 Å². The molecule has 0 unspecified atom stereocenters. The van der Waals surface area contributed by atoms with Gasteiger partial charge in [-0.2, -0.15) is 4.68 Å². The van der Waals surface area contributed by atoms with E-state index in [1.165, 1.54) is 0 Å². The van der Waals surface area contributed by atoms with Gasteiger partial charge < -0.3 is 0 Å². The van der Waals surface area contributed by atoms with Crippen molar-refractivity contribution >= 4 is 11.8 Å². The van der Waals surface area contributed by atoms with Crippen molar-refractivity contribution < 1.29 is 0 Å². The SMILES string of the molecule is Cc1c(-n2nnnc2SCC(C)C)c(=O)n(-c2ccccc2)n1C. The van der Waals surface area contributed by atoms with Gasteiger partial charge >= 0.3 is 0 Å². The highest BCUT2D eigenvalue weighted by atomic mass is 32.2. The van der Waals surface area contributed by atoms with Crippen molar-refractivity contribution in [2.24, 2.45) is 13.0 Å². The molecule has 7 nitrogen and oxygen atoms in total. The number of rotatable bonds is 5. The second-order valence-corrected chi connectivity index (χ2v) is 6.98. The van der Waals surface area contributed by atoms with Crippen LogP contribution in [0.25, 0.3) is 11.4 Å². The lowest BCUT2D eigenvalue weighted by molar-refractivity contribution is 0.630. The highest BCUT2D eigenvalue weighted by Gasteiger charge is 2.21. The number of para-hydroxylation sites is 1. The molecule has 0 bridgehead atoms. The molecule has 0 amide bonds. The fraction of sp³-hybridized carbons (Fsp3) is 0.375. The van der Waals surface area contributed by atoms with Gasteiger partial charge in [0.2, 0.25) is 5.16 Å². The zero-order valence-electron chi connectivity index (χ0n) is 14.2. The highest BCUT2D eigenvalue weighted by molar-refractivity contribution is 7.99. The molecule has 1 aromatic carbocycles. The van der Waals surface area contributed by atoms with Gasteiger partial charge in [0.05, 0.1) is 11.4 Å². The fourth-order valence-corrected chi connectivity index (χ4v) is 3.28. The Bertz CT molecular complexity index is 893. The molecule has 0 radical (unpaired) electrons. The van der Waals surface area contributed by atoms with Crippen LogP contribution < -0.4 is 5.56 Å². The first-order valence-corrected chi connectivity index (χ1v) is 8.75. The number of benzene rings is 1. The van der Waals surface area contributed by atoms with Crippen LogP contribution >= 0.6 is 11.8 Å². The Morgan fingerprint density at radius 3 is 2.58 bits per heavy atom. The van der Waals surface area contributed by atoms with Gasteiger partial charge in [-0.25, -0.2) is 4.68 Å². The molecule has 3 aromatic rings. The summed E-state index contributed by atoms with van der Waals surface area (Å²) in [4.78, 5) is 13.0. The molecule has 0 N–H and O–H groups in total. The zero-order valence-corrected chi connectivity index (χ0v) is 15.0. The summed E-state index contributed by atoms with van der Waals surface area (Å²) in [5.41, 5.74) is 1.96.